The molecule has 0 amide bonds. The fourth-order valence-electron chi connectivity index (χ4n) is 4.54. The predicted molar refractivity (Wildman–Crippen MR) is 125 cm³/mol. The number of ether oxygens (including phenoxy) is 1. The van der Waals surface area contributed by atoms with E-state index in [9.17, 15) is 4.79 Å². The van der Waals surface area contributed by atoms with E-state index in [2.05, 4.69) is 22.8 Å². The molecular weight excluding hydrogens is 408 g/mol. The van der Waals surface area contributed by atoms with Crippen LogP contribution in [-0.2, 0) is 4.79 Å². The summed E-state index contributed by atoms with van der Waals surface area (Å²) in [6.07, 6.45) is 1.24. The van der Waals surface area contributed by atoms with Crippen molar-refractivity contribution in [1.82, 2.24) is 0 Å². The molecule has 0 aromatic heterocycles. The number of halogens is 1. The number of anilines is 2. The average Bonchev–Trinajstić information content (AvgIpc) is 2.96. The van der Waals surface area contributed by atoms with Gasteiger partial charge < -0.3 is 15.4 Å². The van der Waals surface area contributed by atoms with Crippen molar-refractivity contribution in [2.45, 2.75) is 24.8 Å². The largest absolute Gasteiger partial charge is 0.497 e. The predicted octanol–water partition coefficient (Wildman–Crippen LogP) is 6.33. The molecule has 3 aromatic rings. The van der Waals surface area contributed by atoms with E-state index in [1.165, 1.54) is 0 Å². The summed E-state index contributed by atoms with van der Waals surface area (Å²) in [5, 5.41) is 7.81. The highest BCUT2D eigenvalue weighted by Crippen LogP contribution is 2.44. The molecule has 5 rings (SSSR count). The van der Waals surface area contributed by atoms with Gasteiger partial charge in [0.05, 0.1) is 24.5 Å². The number of hydrogen-bond donors (Lipinski definition) is 2. The van der Waals surface area contributed by atoms with E-state index < -0.39 is 0 Å². The Labute approximate surface area is 186 Å². The number of ketones is 1. The summed E-state index contributed by atoms with van der Waals surface area (Å²) in [7, 11) is 1.66. The summed E-state index contributed by atoms with van der Waals surface area (Å²) in [4.78, 5) is 13.5. The van der Waals surface area contributed by atoms with Gasteiger partial charge in [0, 0.05) is 22.7 Å². The minimum Gasteiger partial charge on any atom is -0.497 e. The van der Waals surface area contributed by atoms with Crippen molar-refractivity contribution >= 4 is 28.8 Å². The normalized spacial score (nSPS) is 20.1. The number of fused-ring (bicyclic) bond motifs is 1. The number of carbonyl (C=O) groups excluding carboxylic acids is 1. The van der Waals surface area contributed by atoms with Crippen molar-refractivity contribution in [2.24, 2.45) is 0 Å². The van der Waals surface area contributed by atoms with Crippen LogP contribution in [0.1, 0.15) is 35.9 Å². The van der Waals surface area contributed by atoms with Gasteiger partial charge in [-0.25, -0.2) is 0 Å². The second-order valence-corrected chi connectivity index (χ2v) is 8.43. The SMILES string of the molecule is COc1ccc(C2CC(=O)C3=C(C2)Nc2ccccc2NC3c2cccc(Cl)c2)cc1. The van der Waals surface area contributed by atoms with Gasteiger partial charge in [-0.3, -0.25) is 4.79 Å². The number of rotatable bonds is 3. The van der Waals surface area contributed by atoms with Gasteiger partial charge in [0.15, 0.2) is 5.78 Å². The lowest BCUT2D eigenvalue weighted by atomic mass is 9.78. The first-order chi connectivity index (χ1) is 15.1. The van der Waals surface area contributed by atoms with Gasteiger partial charge in [0.1, 0.15) is 5.75 Å². The third-order valence-electron chi connectivity index (χ3n) is 6.08. The highest BCUT2D eigenvalue weighted by atomic mass is 35.5. The monoisotopic (exact) mass is 430 g/mol. The first kappa shape index (κ1) is 19.7. The Kier molecular flexibility index (Phi) is 5.16. The Morgan fingerprint density at radius 2 is 1.68 bits per heavy atom. The smallest absolute Gasteiger partial charge is 0.163 e. The number of benzene rings is 3. The lowest BCUT2D eigenvalue weighted by Gasteiger charge is -2.30. The van der Waals surface area contributed by atoms with Gasteiger partial charge in [-0.15, -0.1) is 0 Å². The van der Waals surface area contributed by atoms with Crippen LogP contribution in [-0.4, -0.2) is 12.9 Å². The molecule has 4 nitrogen and oxygen atoms in total. The second kappa shape index (κ2) is 8.12. The molecule has 2 N–H and O–H groups in total. The molecule has 0 saturated heterocycles. The zero-order valence-electron chi connectivity index (χ0n) is 17.2. The van der Waals surface area contributed by atoms with E-state index in [1.807, 2.05) is 60.7 Å². The third-order valence-corrected chi connectivity index (χ3v) is 6.31. The molecule has 156 valence electrons. The number of nitrogens with one attached hydrogen (secondary N) is 2. The van der Waals surface area contributed by atoms with E-state index in [-0.39, 0.29) is 17.7 Å². The van der Waals surface area contributed by atoms with Crippen LogP contribution in [0.3, 0.4) is 0 Å². The van der Waals surface area contributed by atoms with Crippen molar-refractivity contribution in [1.29, 1.82) is 0 Å². The quantitative estimate of drug-likeness (QED) is 0.509. The highest BCUT2D eigenvalue weighted by Gasteiger charge is 2.36. The van der Waals surface area contributed by atoms with Crippen LogP contribution in [0.25, 0.3) is 0 Å². The van der Waals surface area contributed by atoms with Crippen LogP contribution < -0.4 is 15.4 Å². The first-order valence-electron chi connectivity index (χ1n) is 10.4. The average molecular weight is 431 g/mol. The molecule has 5 heteroatoms. The molecule has 31 heavy (non-hydrogen) atoms. The molecule has 0 fully saturated rings. The molecule has 0 bridgehead atoms. The maximum absolute atomic E-state index is 13.5. The van der Waals surface area contributed by atoms with Crippen molar-refractivity contribution in [3.63, 3.8) is 0 Å². The van der Waals surface area contributed by atoms with Gasteiger partial charge >= 0.3 is 0 Å². The number of carbonyl (C=O) groups is 1. The summed E-state index contributed by atoms with van der Waals surface area (Å²) in [6, 6.07) is 23.6. The Bertz CT molecular complexity index is 1170. The molecule has 1 heterocycles. The molecule has 1 aliphatic heterocycles. The van der Waals surface area contributed by atoms with E-state index in [4.69, 9.17) is 16.3 Å². The topological polar surface area (TPSA) is 50.4 Å². The lowest BCUT2D eigenvalue weighted by molar-refractivity contribution is -0.116. The second-order valence-electron chi connectivity index (χ2n) is 8.00. The minimum atomic E-state index is -0.255. The van der Waals surface area contributed by atoms with E-state index >= 15 is 0 Å². The molecular formula is C26H23ClN2O2. The number of allylic oxidation sites excluding steroid dienone is 1. The molecule has 0 spiro atoms. The van der Waals surface area contributed by atoms with Crippen molar-refractivity contribution in [3.05, 3.63) is 100 Å². The summed E-state index contributed by atoms with van der Waals surface area (Å²) < 4.78 is 5.28. The van der Waals surface area contributed by atoms with Crippen LogP contribution in [0.15, 0.2) is 84.1 Å². The number of Topliss-reactive ketones (excluding diaryl/α,β-unsaturated/α-hetero) is 1. The molecule has 2 atom stereocenters. The van der Waals surface area contributed by atoms with Crippen LogP contribution in [0, 0.1) is 0 Å². The fourth-order valence-corrected chi connectivity index (χ4v) is 4.74. The van der Waals surface area contributed by atoms with Crippen molar-refractivity contribution in [3.8, 4) is 5.75 Å². The van der Waals surface area contributed by atoms with Gasteiger partial charge in [-0.1, -0.05) is 48.0 Å². The number of hydrogen-bond acceptors (Lipinski definition) is 4. The Hall–Kier alpha value is -3.24. The molecule has 2 aliphatic rings. The minimum absolute atomic E-state index is 0.120. The molecule has 0 saturated carbocycles. The maximum atomic E-state index is 13.5. The molecule has 2 unspecified atom stereocenters. The van der Waals surface area contributed by atoms with Crippen LogP contribution >= 0.6 is 11.6 Å². The molecule has 3 aromatic carbocycles. The van der Waals surface area contributed by atoms with Gasteiger partial charge in [0.2, 0.25) is 0 Å². The summed E-state index contributed by atoms with van der Waals surface area (Å²) in [5.41, 5.74) is 5.84. The maximum Gasteiger partial charge on any atom is 0.163 e. The fraction of sp³-hybridized carbons (Fsp3) is 0.192. The van der Waals surface area contributed by atoms with Crippen LogP contribution in [0.4, 0.5) is 11.4 Å². The standard InChI is InChI=1S/C26H23ClN2O2/c1-31-20-11-9-16(10-12-20)18-14-23-25(24(30)15-18)26(17-5-4-6-19(27)13-17)29-22-8-3-2-7-21(22)28-23/h2-13,18,26,28-29H,14-15H2,1H3. The molecule has 0 radical (unpaired) electrons. The van der Waals surface area contributed by atoms with Gasteiger partial charge in [-0.2, -0.15) is 0 Å². The number of methoxy groups -OCH3 is 1. The van der Waals surface area contributed by atoms with E-state index in [0.717, 1.165) is 45.9 Å². The number of para-hydroxylation sites is 2. The summed E-state index contributed by atoms with van der Waals surface area (Å²) in [5.74, 6) is 1.09. The lowest BCUT2D eigenvalue weighted by Crippen LogP contribution is -2.26. The molecule has 1 aliphatic carbocycles. The first-order valence-corrected chi connectivity index (χ1v) is 10.8. The zero-order valence-corrected chi connectivity index (χ0v) is 17.9. The van der Waals surface area contributed by atoms with Crippen LogP contribution in [0.2, 0.25) is 5.02 Å². The van der Waals surface area contributed by atoms with Crippen molar-refractivity contribution < 1.29 is 9.53 Å². The van der Waals surface area contributed by atoms with E-state index in [0.29, 0.717) is 11.4 Å². The van der Waals surface area contributed by atoms with Gasteiger partial charge in [-0.05, 0) is 59.9 Å². The van der Waals surface area contributed by atoms with Crippen molar-refractivity contribution in [2.75, 3.05) is 17.7 Å². The van der Waals surface area contributed by atoms with Crippen LogP contribution in [0.5, 0.6) is 5.75 Å². The Balaban J connectivity index is 1.58. The highest BCUT2D eigenvalue weighted by molar-refractivity contribution is 6.30. The summed E-state index contributed by atoms with van der Waals surface area (Å²) in [6.45, 7) is 0. The van der Waals surface area contributed by atoms with E-state index in [1.54, 1.807) is 7.11 Å². The Morgan fingerprint density at radius 1 is 0.903 bits per heavy atom. The Morgan fingerprint density at radius 3 is 2.42 bits per heavy atom. The van der Waals surface area contributed by atoms with Gasteiger partial charge in [0.25, 0.3) is 0 Å². The third kappa shape index (κ3) is 3.79. The zero-order chi connectivity index (χ0) is 21.4. The summed E-state index contributed by atoms with van der Waals surface area (Å²) >= 11 is 6.29.